The van der Waals surface area contributed by atoms with Crippen molar-refractivity contribution in [1.82, 2.24) is 4.90 Å². The Labute approximate surface area is 157 Å². The molecule has 0 spiro atoms. The van der Waals surface area contributed by atoms with Crippen LogP contribution in [0.2, 0.25) is 0 Å². The zero-order valence-electron chi connectivity index (χ0n) is 15.4. The first-order chi connectivity index (χ1) is 13.0. The molecule has 1 atom stereocenters. The zero-order valence-corrected chi connectivity index (χ0v) is 15.4. The Hall–Kier alpha value is -2.38. The molecule has 2 aliphatic rings. The van der Waals surface area contributed by atoms with E-state index in [0.717, 1.165) is 25.9 Å². The van der Waals surface area contributed by atoms with Crippen molar-refractivity contribution in [1.29, 1.82) is 0 Å². The normalized spacial score (nSPS) is 18.9. The summed E-state index contributed by atoms with van der Waals surface area (Å²) in [5.74, 6) is 0.365. The summed E-state index contributed by atoms with van der Waals surface area (Å²) in [5.41, 5.74) is 1.02. The molecule has 2 saturated heterocycles. The van der Waals surface area contributed by atoms with Crippen molar-refractivity contribution >= 4 is 22.8 Å². The standard InChI is InChI=1S/C20H24N2O5/c1-13(23)15-10-14(20(25)22-4-2-3-5-22)11-16-17(24)12-18(27-19(15)16)21-6-8-26-9-7-21/h10-13,23H,2-9H2,1H3. The first-order valence-corrected chi connectivity index (χ1v) is 9.46. The molecule has 0 radical (unpaired) electrons. The van der Waals surface area contributed by atoms with Crippen molar-refractivity contribution in [2.24, 2.45) is 0 Å². The maximum atomic E-state index is 12.8. The quantitative estimate of drug-likeness (QED) is 0.886. The van der Waals surface area contributed by atoms with Crippen LogP contribution in [-0.4, -0.2) is 55.3 Å². The second kappa shape index (κ2) is 7.32. The highest BCUT2D eigenvalue weighted by Gasteiger charge is 2.24. The summed E-state index contributed by atoms with van der Waals surface area (Å²) < 4.78 is 11.4. The molecule has 0 aliphatic carbocycles. The lowest BCUT2D eigenvalue weighted by Crippen LogP contribution is -2.36. The van der Waals surface area contributed by atoms with Gasteiger partial charge in [0, 0.05) is 43.4 Å². The summed E-state index contributed by atoms with van der Waals surface area (Å²) in [6.07, 6.45) is 1.13. The van der Waals surface area contributed by atoms with Gasteiger partial charge in [0.15, 0.2) is 11.3 Å². The molecule has 1 aromatic carbocycles. The molecule has 144 valence electrons. The van der Waals surface area contributed by atoms with Gasteiger partial charge < -0.3 is 24.1 Å². The third kappa shape index (κ3) is 3.44. The van der Waals surface area contributed by atoms with Crippen LogP contribution in [0.25, 0.3) is 11.0 Å². The topological polar surface area (TPSA) is 83.2 Å². The van der Waals surface area contributed by atoms with E-state index in [2.05, 4.69) is 0 Å². The average Bonchev–Trinajstić information content (AvgIpc) is 3.22. The SMILES string of the molecule is CC(O)c1cc(C(=O)N2CCCC2)cc2c(=O)cc(N3CCOCC3)oc12. The smallest absolute Gasteiger partial charge is 0.253 e. The minimum absolute atomic E-state index is 0.104. The fourth-order valence-corrected chi connectivity index (χ4v) is 3.75. The van der Waals surface area contributed by atoms with Crippen LogP contribution in [-0.2, 0) is 4.74 Å². The minimum atomic E-state index is -0.859. The first kappa shape index (κ1) is 18.0. The fourth-order valence-electron chi connectivity index (χ4n) is 3.75. The van der Waals surface area contributed by atoms with E-state index in [0.29, 0.717) is 54.3 Å². The number of benzene rings is 1. The van der Waals surface area contributed by atoms with Gasteiger partial charge in [0.1, 0.15) is 5.58 Å². The van der Waals surface area contributed by atoms with E-state index >= 15 is 0 Å². The van der Waals surface area contributed by atoms with Crippen molar-refractivity contribution in [3.8, 4) is 0 Å². The molecular weight excluding hydrogens is 348 g/mol. The molecule has 1 N–H and O–H groups in total. The van der Waals surface area contributed by atoms with Crippen LogP contribution in [0.4, 0.5) is 5.88 Å². The van der Waals surface area contributed by atoms with E-state index in [1.165, 1.54) is 6.07 Å². The molecule has 2 aromatic rings. The molecule has 0 saturated carbocycles. The number of carbonyl (C=O) groups excluding carboxylic acids is 1. The molecular formula is C20H24N2O5. The number of aliphatic hydroxyl groups excluding tert-OH is 1. The molecule has 4 rings (SSSR count). The monoisotopic (exact) mass is 372 g/mol. The van der Waals surface area contributed by atoms with Crippen molar-refractivity contribution in [2.45, 2.75) is 25.9 Å². The van der Waals surface area contributed by atoms with Gasteiger partial charge in [-0.05, 0) is 31.9 Å². The molecule has 0 bridgehead atoms. The largest absolute Gasteiger partial charge is 0.440 e. The number of aliphatic hydroxyl groups is 1. The van der Waals surface area contributed by atoms with Gasteiger partial charge in [-0.15, -0.1) is 0 Å². The molecule has 7 nitrogen and oxygen atoms in total. The number of anilines is 1. The Morgan fingerprint density at radius 1 is 1.11 bits per heavy atom. The van der Waals surface area contributed by atoms with Crippen LogP contribution in [0.1, 0.15) is 41.8 Å². The number of amides is 1. The van der Waals surface area contributed by atoms with Gasteiger partial charge >= 0.3 is 0 Å². The number of nitrogens with zero attached hydrogens (tertiary/aromatic N) is 2. The minimum Gasteiger partial charge on any atom is -0.440 e. The molecule has 2 fully saturated rings. The zero-order chi connectivity index (χ0) is 19.0. The lowest BCUT2D eigenvalue weighted by Gasteiger charge is -2.27. The third-order valence-corrected chi connectivity index (χ3v) is 5.26. The van der Waals surface area contributed by atoms with Gasteiger partial charge in [-0.25, -0.2) is 0 Å². The van der Waals surface area contributed by atoms with Gasteiger partial charge in [0.25, 0.3) is 5.91 Å². The van der Waals surface area contributed by atoms with Crippen LogP contribution in [0, 0.1) is 0 Å². The third-order valence-electron chi connectivity index (χ3n) is 5.26. The number of morpholine rings is 1. The van der Waals surface area contributed by atoms with Crippen LogP contribution >= 0.6 is 0 Å². The number of likely N-dealkylation sites (tertiary alicyclic amines) is 1. The van der Waals surface area contributed by atoms with Gasteiger partial charge in [-0.3, -0.25) is 9.59 Å². The Morgan fingerprint density at radius 2 is 1.81 bits per heavy atom. The van der Waals surface area contributed by atoms with E-state index in [1.54, 1.807) is 24.0 Å². The van der Waals surface area contributed by atoms with Gasteiger partial charge in [0.05, 0.1) is 24.7 Å². The Bertz CT molecular complexity index is 908. The van der Waals surface area contributed by atoms with E-state index in [1.807, 2.05) is 4.90 Å². The Morgan fingerprint density at radius 3 is 2.48 bits per heavy atom. The molecule has 2 aliphatic heterocycles. The summed E-state index contributed by atoms with van der Waals surface area (Å²) >= 11 is 0. The second-order valence-electron chi connectivity index (χ2n) is 7.17. The maximum Gasteiger partial charge on any atom is 0.253 e. The number of hydrogen-bond acceptors (Lipinski definition) is 6. The molecule has 3 heterocycles. The van der Waals surface area contributed by atoms with E-state index in [-0.39, 0.29) is 11.3 Å². The van der Waals surface area contributed by atoms with Crippen molar-refractivity contribution in [3.05, 3.63) is 39.5 Å². The predicted octanol–water partition coefficient (Wildman–Crippen LogP) is 1.92. The summed E-state index contributed by atoms with van der Waals surface area (Å²) in [6.45, 7) is 5.51. The summed E-state index contributed by atoms with van der Waals surface area (Å²) in [5, 5.41) is 10.6. The van der Waals surface area contributed by atoms with Crippen molar-refractivity contribution < 1.29 is 19.1 Å². The highest BCUT2D eigenvalue weighted by atomic mass is 16.5. The number of rotatable bonds is 3. The number of ether oxygens (including phenoxy) is 1. The Balaban J connectivity index is 1.82. The molecule has 7 heteroatoms. The molecule has 27 heavy (non-hydrogen) atoms. The summed E-state index contributed by atoms with van der Waals surface area (Å²) in [7, 11) is 0. The van der Waals surface area contributed by atoms with Gasteiger partial charge in [-0.2, -0.15) is 0 Å². The van der Waals surface area contributed by atoms with E-state index in [4.69, 9.17) is 9.15 Å². The lowest BCUT2D eigenvalue weighted by molar-refractivity contribution is 0.0792. The van der Waals surface area contributed by atoms with Gasteiger partial charge in [-0.1, -0.05) is 0 Å². The molecule has 1 aromatic heterocycles. The Kier molecular flexibility index (Phi) is 4.88. The maximum absolute atomic E-state index is 12.8. The van der Waals surface area contributed by atoms with Crippen LogP contribution in [0.15, 0.2) is 27.4 Å². The predicted molar refractivity (Wildman–Crippen MR) is 101 cm³/mol. The highest BCUT2D eigenvalue weighted by molar-refractivity contribution is 5.99. The average molecular weight is 372 g/mol. The highest BCUT2D eigenvalue weighted by Crippen LogP contribution is 2.29. The van der Waals surface area contributed by atoms with Crippen LogP contribution in [0.5, 0.6) is 0 Å². The number of carbonyl (C=O) groups is 1. The summed E-state index contributed by atoms with van der Waals surface area (Å²) in [4.78, 5) is 29.3. The van der Waals surface area contributed by atoms with Gasteiger partial charge in [0.2, 0.25) is 0 Å². The van der Waals surface area contributed by atoms with Crippen molar-refractivity contribution in [2.75, 3.05) is 44.3 Å². The molecule has 1 amide bonds. The van der Waals surface area contributed by atoms with E-state index < -0.39 is 6.10 Å². The summed E-state index contributed by atoms with van der Waals surface area (Å²) in [6, 6.07) is 4.71. The second-order valence-corrected chi connectivity index (χ2v) is 7.17. The first-order valence-electron chi connectivity index (χ1n) is 9.46. The van der Waals surface area contributed by atoms with E-state index in [9.17, 15) is 14.7 Å². The van der Waals surface area contributed by atoms with Crippen LogP contribution in [0.3, 0.4) is 0 Å². The van der Waals surface area contributed by atoms with Crippen LogP contribution < -0.4 is 10.3 Å². The fraction of sp³-hybridized carbons (Fsp3) is 0.500. The number of fused-ring (bicyclic) bond motifs is 1. The van der Waals surface area contributed by atoms with Crippen molar-refractivity contribution in [3.63, 3.8) is 0 Å². The number of hydrogen-bond donors (Lipinski definition) is 1. The lowest BCUT2D eigenvalue weighted by atomic mass is 10.0. The molecule has 1 unspecified atom stereocenters.